The van der Waals surface area contributed by atoms with Crippen molar-refractivity contribution in [1.29, 1.82) is 5.26 Å². The third-order valence-corrected chi connectivity index (χ3v) is 5.25. The summed E-state index contributed by atoms with van der Waals surface area (Å²) in [6.07, 6.45) is 8.44. The number of fused-ring (bicyclic) bond motifs is 1. The lowest BCUT2D eigenvalue weighted by molar-refractivity contribution is 0.196. The van der Waals surface area contributed by atoms with E-state index in [1.165, 1.54) is 43.2 Å². The fourth-order valence-corrected chi connectivity index (χ4v) is 3.82. The molecule has 0 radical (unpaired) electrons. The Labute approximate surface area is 127 Å². The van der Waals surface area contributed by atoms with Gasteiger partial charge in [0.25, 0.3) is 0 Å². The van der Waals surface area contributed by atoms with Gasteiger partial charge in [-0.2, -0.15) is 5.26 Å². The molecule has 0 bridgehead atoms. The normalized spacial score (nSPS) is 21.5. The zero-order valence-electron chi connectivity index (χ0n) is 12.8. The summed E-state index contributed by atoms with van der Waals surface area (Å²) >= 11 is 0. The number of nitrogens with two attached hydrogens (primary N) is 1. The number of hydrogen-bond donors (Lipinski definition) is 1. The standard InChI is InChI=1S/C18H25N3/c19-13-16-6-4-5-15-7-11-21(14-17(15)16)12-10-18(20)8-2-1-3-9-18/h4-6H,1-3,7-12,14,20H2. The number of nitriles is 1. The minimum Gasteiger partial charge on any atom is -0.325 e. The number of rotatable bonds is 3. The van der Waals surface area contributed by atoms with Gasteiger partial charge in [-0.15, -0.1) is 0 Å². The van der Waals surface area contributed by atoms with Crippen molar-refractivity contribution in [3.05, 3.63) is 34.9 Å². The first-order valence-corrected chi connectivity index (χ1v) is 8.22. The van der Waals surface area contributed by atoms with Gasteiger partial charge >= 0.3 is 0 Å². The summed E-state index contributed by atoms with van der Waals surface area (Å²) in [5.41, 5.74) is 10.0. The molecule has 0 unspecified atom stereocenters. The molecule has 1 saturated carbocycles. The molecular formula is C18H25N3. The monoisotopic (exact) mass is 283 g/mol. The van der Waals surface area contributed by atoms with Gasteiger partial charge in [-0.3, -0.25) is 4.90 Å². The molecule has 3 nitrogen and oxygen atoms in total. The van der Waals surface area contributed by atoms with Crippen LogP contribution in [0.15, 0.2) is 18.2 Å². The topological polar surface area (TPSA) is 53.0 Å². The van der Waals surface area contributed by atoms with Crippen molar-refractivity contribution >= 4 is 0 Å². The Hall–Kier alpha value is -1.37. The van der Waals surface area contributed by atoms with E-state index in [0.717, 1.165) is 38.0 Å². The molecule has 2 N–H and O–H groups in total. The van der Waals surface area contributed by atoms with Gasteiger partial charge in [0.15, 0.2) is 0 Å². The first-order chi connectivity index (χ1) is 10.2. The minimum atomic E-state index is 0.0628. The van der Waals surface area contributed by atoms with Crippen LogP contribution in [0.3, 0.4) is 0 Å². The Morgan fingerprint density at radius 2 is 2.05 bits per heavy atom. The number of hydrogen-bond acceptors (Lipinski definition) is 3. The highest BCUT2D eigenvalue weighted by molar-refractivity contribution is 5.43. The van der Waals surface area contributed by atoms with Crippen molar-refractivity contribution in [1.82, 2.24) is 4.90 Å². The van der Waals surface area contributed by atoms with Crippen LogP contribution in [-0.4, -0.2) is 23.5 Å². The minimum absolute atomic E-state index is 0.0628. The summed E-state index contributed by atoms with van der Waals surface area (Å²) < 4.78 is 0. The lowest BCUT2D eigenvalue weighted by Crippen LogP contribution is -2.45. The average Bonchev–Trinajstić information content (AvgIpc) is 2.53. The van der Waals surface area contributed by atoms with Gasteiger partial charge in [-0.05, 0) is 42.9 Å². The molecule has 1 aromatic rings. The molecule has 0 aromatic heterocycles. The predicted molar refractivity (Wildman–Crippen MR) is 84.8 cm³/mol. The summed E-state index contributed by atoms with van der Waals surface area (Å²) in [5.74, 6) is 0. The second-order valence-electron chi connectivity index (χ2n) is 6.75. The van der Waals surface area contributed by atoms with Gasteiger partial charge in [0.1, 0.15) is 0 Å². The summed E-state index contributed by atoms with van der Waals surface area (Å²) in [5, 5.41) is 9.27. The molecule has 1 fully saturated rings. The van der Waals surface area contributed by atoms with E-state index in [1.807, 2.05) is 12.1 Å². The van der Waals surface area contributed by atoms with Crippen molar-refractivity contribution in [2.24, 2.45) is 5.73 Å². The zero-order valence-corrected chi connectivity index (χ0v) is 12.8. The fraction of sp³-hybridized carbons (Fsp3) is 0.611. The lowest BCUT2D eigenvalue weighted by atomic mass is 9.80. The summed E-state index contributed by atoms with van der Waals surface area (Å²) in [6, 6.07) is 8.45. The molecule has 1 aromatic carbocycles. The highest BCUT2D eigenvalue weighted by Gasteiger charge is 2.28. The third-order valence-electron chi connectivity index (χ3n) is 5.25. The van der Waals surface area contributed by atoms with E-state index < -0.39 is 0 Å². The molecule has 3 rings (SSSR count). The van der Waals surface area contributed by atoms with Crippen LogP contribution >= 0.6 is 0 Å². The largest absolute Gasteiger partial charge is 0.325 e. The molecule has 0 saturated heterocycles. The smallest absolute Gasteiger partial charge is 0.0995 e. The van der Waals surface area contributed by atoms with Crippen LogP contribution in [0.1, 0.15) is 55.2 Å². The predicted octanol–water partition coefficient (Wildman–Crippen LogP) is 2.97. The van der Waals surface area contributed by atoms with Gasteiger partial charge in [-0.1, -0.05) is 31.4 Å². The maximum atomic E-state index is 9.27. The van der Waals surface area contributed by atoms with Gasteiger partial charge in [-0.25, -0.2) is 0 Å². The number of nitrogens with zero attached hydrogens (tertiary/aromatic N) is 2. The molecule has 1 aliphatic heterocycles. The fourth-order valence-electron chi connectivity index (χ4n) is 3.82. The van der Waals surface area contributed by atoms with Gasteiger partial charge in [0.05, 0.1) is 11.6 Å². The molecule has 0 atom stereocenters. The van der Waals surface area contributed by atoms with E-state index in [0.29, 0.717) is 0 Å². The maximum Gasteiger partial charge on any atom is 0.0995 e. The van der Waals surface area contributed by atoms with Crippen LogP contribution in [0.2, 0.25) is 0 Å². The molecule has 1 heterocycles. The average molecular weight is 283 g/mol. The molecule has 21 heavy (non-hydrogen) atoms. The second-order valence-corrected chi connectivity index (χ2v) is 6.75. The molecule has 0 amide bonds. The summed E-state index contributed by atoms with van der Waals surface area (Å²) in [4.78, 5) is 2.48. The van der Waals surface area contributed by atoms with E-state index in [1.54, 1.807) is 0 Å². The van der Waals surface area contributed by atoms with Gasteiger partial charge < -0.3 is 5.73 Å². The van der Waals surface area contributed by atoms with Gasteiger partial charge in [0, 0.05) is 25.2 Å². The highest BCUT2D eigenvalue weighted by atomic mass is 15.1. The summed E-state index contributed by atoms with van der Waals surface area (Å²) in [6.45, 7) is 3.07. The van der Waals surface area contributed by atoms with Gasteiger partial charge in [0.2, 0.25) is 0 Å². The Morgan fingerprint density at radius 3 is 2.81 bits per heavy atom. The second kappa shape index (κ2) is 6.17. The van der Waals surface area contributed by atoms with Crippen molar-refractivity contribution in [3.8, 4) is 6.07 Å². The molecule has 2 aliphatic rings. The van der Waals surface area contributed by atoms with E-state index in [2.05, 4.69) is 17.0 Å². The van der Waals surface area contributed by atoms with E-state index in [9.17, 15) is 5.26 Å². The molecular weight excluding hydrogens is 258 g/mol. The Kier molecular flexibility index (Phi) is 4.28. The van der Waals surface area contributed by atoms with Crippen LogP contribution in [0.4, 0.5) is 0 Å². The zero-order chi connectivity index (χ0) is 14.7. The van der Waals surface area contributed by atoms with Crippen LogP contribution < -0.4 is 5.73 Å². The van der Waals surface area contributed by atoms with E-state index >= 15 is 0 Å². The van der Waals surface area contributed by atoms with Crippen LogP contribution in [0.5, 0.6) is 0 Å². The van der Waals surface area contributed by atoms with Crippen molar-refractivity contribution in [2.45, 2.75) is 57.0 Å². The first-order valence-electron chi connectivity index (χ1n) is 8.22. The molecule has 1 aliphatic carbocycles. The van der Waals surface area contributed by atoms with Crippen LogP contribution in [-0.2, 0) is 13.0 Å². The van der Waals surface area contributed by atoms with Crippen molar-refractivity contribution < 1.29 is 0 Å². The van der Waals surface area contributed by atoms with Crippen molar-refractivity contribution in [3.63, 3.8) is 0 Å². The van der Waals surface area contributed by atoms with Crippen molar-refractivity contribution in [2.75, 3.05) is 13.1 Å². The lowest BCUT2D eigenvalue weighted by Gasteiger charge is -2.37. The Morgan fingerprint density at radius 1 is 1.24 bits per heavy atom. The van der Waals surface area contributed by atoms with Crippen LogP contribution in [0, 0.1) is 11.3 Å². The molecule has 112 valence electrons. The van der Waals surface area contributed by atoms with E-state index in [-0.39, 0.29) is 5.54 Å². The molecule has 3 heteroatoms. The van der Waals surface area contributed by atoms with E-state index in [4.69, 9.17) is 5.73 Å². The Balaban J connectivity index is 1.63. The summed E-state index contributed by atoms with van der Waals surface area (Å²) in [7, 11) is 0. The number of benzene rings is 1. The SMILES string of the molecule is N#Cc1cccc2c1CN(CCC1(N)CCCCC1)CC2. The van der Waals surface area contributed by atoms with Crippen LogP contribution in [0.25, 0.3) is 0 Å². The quantitative estimate of drug-likeness (QED) is 0.928. The maximum absolute atomic E-state index is 9.27. The highest BCUT2D eigenvalue weighted by Crippen LogP contribution is 2.30. The molecule has 0 spiro atoms. The third kappa shape index (κ3) is 3.28. The first kappa shape index (κ1) is 14.6. The Bertz CT molecular complexity index is 538.